The third-order valence-corrected chi connectivity index (χ3v) is 6.31. The molecule has 0 unspecified atom stereocenters. The van der Waals surface area contributed by atoms with E-state index in [9.17, 15) is 9.90 Å². The minimum absolute atomic E-state index is 0.255. The molecule has 2 aromatic heterocycles. The lowest BCUT2D eigenvalue weighted by Gasteiger charge is -2.05. The van der Waals surface area contributed by atoms with E-state index in [1.165, 1.54) is 40.2 Å². The first kappa shape index (κ1) is 17.3. The van der Waals surface area contributed by atoms with Crippen LogP contribution in [0.4, 0.5) is 0 Å². The summed E-state index contributed by atoms with van der Waals surface area (Å²) in [7, 11) is 2.15. The van der Waals surface area contributed by atoms with Crippen molar-refractivity contribution < 1.29 is 9.90 Å². The number of para-hydroxylation sites is 1. The van der Waals surface area contributed by atoms with Crippen LogP contribution >= 0.6 is 0 Å². The highest BCUT2D eigenvalue weighted by Crippen LogP contribution is 2.38. The van der Waals surface area contributed by atoms with Gasteiger partial charge in [-0.1, -0.05) is 18.2 Å². The monoisotopic (exact) mass is 395 g/mol. The van der Waals surface area contributed by atoms with Gasteiger partial charge in [0.1, 0.15) is 5.82 Å². The Morgan fingerprint density at radius 3 is 2.80 bits per heavy atom. The summed E-state index contributed by atoms with van der Waals surface area (Å²) in [4.78, 5) is 19.2. The fourth-order valence-electron chi connectivity index (χ4n) is 4.59. The average Bonchev–Trinajstić information content (AvgIpc) is 3.38. The first-order chi connectivity index (χ1) is 14.6. The number of aromatic carboxylic acids is 1. The minimum Gasteiger partial charge on any atom is -0.478 e. The Hall–Kier alpha value is -3.60. The summed E-state index contributed by atoms with van der Waals surface area (Å²) in [6, 6.07) is 18.0. The largest absolute Gasteiger partial charge is 0.478 e. The number of aryl methyl sites for hydroxylation is 1. The predicted molar refractivity (Wildman–Crippen MR) is 119 cm³/mol. The van der Waals surface area contributed by atoms with Crippen molar-refractivity contribution in [2.24, 2.45) is 13.0 Å². The molecule has 5 heteroatoms. The van der Waals surface area contributed by atoms with Gasteiger partial charge in [-0.2, -0.15) is 0 Å². The first-order valence-electron chi connectivity index (χ1n) is 10.3. The molecule has 2 N–H and O–H groups in total. The van der Waals surface area contributed by atoms with Crippen molar-refractivity contribution in [1.82, 2.24) is 14.5 Å². The Labute approximate surface area is 173 Å². The average molecular weight is 395 g/mol. The lowest BCUT2D eigenvalue weighted by molar-refractivity contribution is 0.0697. The lowest BCUT2D eigenvalue weighted by atomic mass is 10.0. The fourth-order valence-corrected chi connectivity index (χ4v) is 4.59. The van der Waals surface area contributed by atoms with E-state index in [4.69, 9.17) is 0 Å². The van der Waals surface area contributed by atoms with Crippen LogP contribution in [0, 0.1) is 5.92 Å². The van der Waals surface area contributed by atoms with Gasteiger partial charge in [0.15, 0.2) is 0 Å². The molecule has 1 fully saturated rings. The number of imidazole rings is 1. The number of hydrogen-bond acceptors (Lipinski definition) is 2. The molecule has 0 saturated heterocycles. The summed E-state index contributed by atoms with van der Waals surface area (Å²) >= 11 is 0. The molecule has 5 nitrogen and oxygen atoms in total. The number of nitrogens with one attached hydrogen (secondary N) is 1. The van der Waals surface area contributed by atoms with Crippen LogP contribution in [0.5, 0.6) is 0 Å². The predicted octanol–water partition coefficient (Wildman–Crippen LogP) is 5.53. The number of benzene rings is 3. The van der Waals surface area contributed by atoms with Gasteiger partial charge in [0.2, 0.25) is 0 Å². The molecule has 148 valence electrons. The molecule has 0 amide bonds. The minimum atomic E-state index is -0.938. The van der Waals surface area contributed by atoms with Crippen LogP contribution in [-0.2, 0) is 13.5 Å². The Morgan fingerprint density at radius 1 is 1.13 bits per heavy atom. The van der Waals surface area contributed by atoms with E-state index in [1.807, 2.05) is 0 Å². The highest BCUT2D eigenvalue weighted by Gasteiger charge is 2.23. The molecule has 0 atom stereocenters. The number of hydrogen-bond donors (Lipinski definition) is 2. The summed E-state index contributed by atoms with van der Waals surface area (Å²) in [6.45, 7) is 0. The number of carboxylic acids is 1. The van der Waals surface area contributed by atoms with E-state index in [2.05, 4.69) is 58.0 Å². The molecule has 30 heavy (non-hydrogen) atoms. The van der Waals surface area contributed by atoms with Crippen LogP contribution < -0.4 is 0 Å². The second kappa shape index (κ2) is 6.20. The van der Waals surface area contributed by atoms with E-state index >= 15 is 0 Å². The highest BCUT2D eigenvalue weighted by atomic mass is 16.4. The summed E-state index contributed by atoms with van der Waals surface area (Å²) in [6.07, 6.45) is 3.85. The molecular formula is C25H21N3O2. The number of aromatic amines is 1. The van der Waals surface area contributed by atoms with Gasteiger partial charge >= 0.3 is 5.97 Å². The quantitative estimate of drug-likeness (QED) is 0.421. The normalized spacial score (nSPS) is 14.2. The zero-order valence-electron chi connectivity index (χ0n) is 16.6. The van der Waals surface area contributed by atoms with Gasteiger partial charge in [-0.25, -0.2) is 9.78 Å². The third kappa shape index (κ3) is 2.62. The van der Waals surface area contributed by atoms with E-state index in [-0.39, 0.29) is 5.56 Å². The van der Waals surface area contributed by atoms with Gasteiger partial charge in [-0.15, -0.1) is 0 Å². The number of carbonyl (C=O) groups is 1. The molecule has 1 aliphatic rings. The second-order valence-electron chi connectivity index (χ2n) is 8.37. The summed E-state index contributed by atoms with van der Waals surface area (Å²) in [5.41, 5.74) is 6.71. The van der Waals surface area contributed by atoms with Crippen LogP contribution in [0.3, 0.4) is 0 Å². The molecule has 2 heterocycles. The van der Waals surface area contributed by atoms with E-state index in [0.717, 1.165) is 34.8 Å². The Balaban J connectivity index is 1.52. The number of carboxylic acid groups (broad SMARTS) is 1. The van der Waals surface area contributed by atoms with Crippen molar-refractivity contribution in [3.63, 3.8) is 0 Å². The standard InChI is InChI=1S/C25H21N3O2/c1-28-22-10-8-16(24-26-20-9-7-17(25(29)30)13-21(20)27-24)12-19(22)18-4-2-3-15(23(18)28)11-14-5-6-14/h2-4,7-10,12-14H,5-6,11H2,1H3,(H,26,27)(H,29,30). The van der Waals surface area contributed by atoms with Crippen molar-refractivity contribution in [2.45, 2.75) is 19.3 Å². The Kier molecular flexibility index (Phi) is 3.57. The number of nitrogens with zero attached hydrogens (tertiary/aromatic N) is 2. The van der Waals surface area contributed by atoms with Gasteiger partial charge in [-0.3, -0.25) is 0 Å². The van der Waals surface area contributed by atoms with Gasteiger partial charge in [-0.05, 0) is 67.1 Å². The molecule has 6 rings (SSSR count). The van der Waals surface area contributed by atoms with Crippen LogP contribution in [0.15, 0.2) is 54.6 Å². The van der Waals surface area contributed by atoms with Crippen molar-refractivity contribution in [1.29, 1.82) is 0 Å². The summed E-state index contributed by atoms with van der Waals surface area (Å²) < 4.78 is 2.31. The fraction of sp³-hybridized carbons (Fsp3) is 0.200. The van der Waals surface area contributed by atoms with Gasteiger partial charge in [0.05, 0.1) is 22.1 Å². The van der Waals surface area contributed by atoms with Gasteiger partial charge < -0.3 is 14.7 Å². The number of aromatic nitrogens is 3. The molecule has 1 aliphatic carbocycles. The maximum Gasteiger partial charge on any atom is 0.335 e. The van der Waals surface area contributed by atoms with E-state index in [1.54, 1.807) is 18.2 Å². The molecule has 3 aromatic carbocycles. The van der Waals surface area contributed by atoms with Crippen LogP contribution in [-0.4, -0.2) is 25.6 Å². The molecule has 5 aromatic rings. The third-order valence-electron chi connectivity index (χ3n) is 6.31. The summed E-state index contributed by atoms with van der Waals surface area (Å²) in [5.74, 6) is 0.656. The molecule has 1 saturated carbocycles. The summed E-state index contributed by atoms with van der Waals surface area (Å²) in [5, 5.41) is 11.7. The zero-order chi connectivity index (χ0) is 20.4. The van der Waals surface area contributed by atoms with Crippen molar-refractivity contribution in [2.75, 3.05) is 0 Å². The molecular weight excluding hydrogens is 374 g/mol. The van der Waals surface area contributed by atoms with Crippen molar-refractivity contribution in [3.05, 3.63) is 65.7 Å². The maximum absolute atomic E-state index is 11.3. The number of H-pyrrole nitrogens is 1. The van der Waals surface area contributed by atoms with E-state index < -0.39 is 5.97 Å². The number of rotatable bonds is 4. The van der Waals surface area contributed by atoms with Crippen LogP contribution in [0.25, 0.3) is 44.2 Å². The first-order valence-corrected chi connectivity index (χ1v) is 10.3. The molecule has 0 spiro atoms. The Bertz CT molecular complexity index is 1470. The molecule has 0 aliphatic heterocycles. The second-order valence-corrected chi connectivity index (χ2v) is 8.37. The zero-order valence-corrected chi connectivity index (χ0v) is 16.6. The molecule has 0 bridgehead atoms. The Morgan fingerprint density at radius 2 is 2.00 bits per heavy atom. The van der Waals surface area contributed by atoms with Crippen molar-refractivity contribution in [3.8, 4) is 11.4 Å². The topological polar surface area (TPSA) is 70.9 Å². The van der Waals surface area contributed by atoms with Gasteiger partial charge in [0, 0.05) is 28.9 Å². The van der Waals surface area contributed by atoms with Crippen LogP contribution in [0.2, 0.25) is 0 Å². The van der Waals surface area contributed by atoms with Crippen LogP contribution in [0.1, 0.15) is 28.8 Å². The number of fused-ring (bicyclic) bond motifs is 4. The molecule has 0 radical (unpaired) electrons. The highest BCUT2D eigenvalue weighted by molar-refractivity contribution is 6.10. The lowest BCUT2D eigenvalue weighted by Crippen LogP contribution is -1.94. The van der Waals surface area contributed by atoms with E-state index in [0.29, 0.717) is 0 Å². The smallest absolute Gasteiger partial charge is 0.335 e. The van der Waals surface area contributed by atoms with Crippen molar-refractivity contribution >= 4 is 38.8 Å². The SMILES string of the molecule is Cn1c2ccc(-c3nc4ccc(C(=O)O)cc4[nH]3)cc2c2cccc(CC3CC3)c21. The maximum atomic E-state index is 11.3. The van der Waals surface area contributed by atoms with Gasteiger partial charge in [0.25, 0.3) is 0 Å².